The molecule has 1 aromatic carbocycles. The Kier molecular flexibility index (Phi) is 11.6. The molecule has 0 radical (unpaired) electrons. The molecule has 0 saturated carbocycles. The second kappa shape index (κ2) is 11.8. The largest absolute Gasteiger partial charge is 0.462 e. The van der Waals surface area contributed by atoms with E-state index in [0.717, 1.165) is 25.1 Å². The second-order valence-corrected chi connectivity index (χ2v) is 13.7. The lowest BCUT2D eigenvalue weighted by Gasteiger charge is -2.38. The molecule has 8 heteroatoms. The molecule has 168 valence electrons. The summed E-state index contributed by atoms with van der Waals surface area (Å²) in [6, 6.07) is 7.08. The zero-order valence-electron chi connectivity index (χ0n) is 18.6. The van der Waals surface area contributed by atoms with Gasteiger partial charge in [0.2, 0.25) is 0 Å². The minimum absolute atomic E-state index is 0. The lowest BCUT2D eigenvalue weighted by atomic mass is 10.1. The Hall–Kier alpha value is -0.513. The zero-order chi connectivity index (χ0) is 20.2. The van der Waals surface area contributed by atoms with Crippen molar-refractivity contribution in [2.75, 3.05) is 26.2 Å². The maximum Gasteiger partial charge on any atom is 0.338 e. The first-order chi connectivity index (χ1) is 12.5. The highest BCUT2D eigenvalue weighted by Crippen LogP contribution is 2.38. The Morgan fingerprint density at radius 1 is 1.31 bits per heavy atom. The van der Waals surface area contributed by atoms with E-state index in [9.17, 15) is 9.90 Å². The number of hydrogen-bond donors (Lipinski definition) is 1. The van der Waals surface area contributed by atoms with Crippen LogP contribution in [0.5, 0.6) is 0 Å². The first-order valence-electron chi connectivity index (χ1n) is 9.89. The number of likely N-dealkylation sites (tertiary alicyclic amines) is 1. The third-order valence-electron chi connectivity index (χ3n) is 5.71. The summed E-state index contributed by atoms with van der Waals surface area (Å²) in [7, 11) is -1.77. The Morgan fingerprint density at radius 2 is 1.97 bits per heavy atom. The van der Waals surface area contributed by atoms with Crippen molar-refractivity contribution in [2.24, 2.45) is 0 Å². The third-order valence-corrected chi connectivity index (χ3v) is 10.2. The van der Waals surface area contributed by atoms with Gasteiger partial charge in [-0.3, -0.25) is 4.90 Å². The molecule has 5 nitrogen and oxygen atoms in total. The minimum atomic E-state index is -1.77. The molecule has 0 aliphatic carbocycles. The quantitative estimate of drug-likeness (QED) is 0.487. The van der Waals surface area contributed by atoms with Crippen molar-refractivity contribution in [2.45, 2.75) is 64.5 Å². The number of rotatable bonds is 7. The van der Waals surface area contributed by atoms with Crippen molar-refractivity contribution in [3.63, 3.8) is 0 Å². The van der Waals surface area contributed by atoms with E-state index in [1.54, 1.807) is 25.1 Å². The lowest BCUT2D eigenvalue weighted by Crippen LogP contribution is -2.44. The monoisotopic (exact) mass is 461 g/mol. The van der Waals surface area contributed by atoms with E-state index in [4.69, 9.17) is 9.16 Å². The van der Waals surface area contributed by atoms with Gasteiger partial charge in [0.05, 0.1) is 24.4 Å². The highest BCUT2D eigenvalue weighted by Gasteiger charge is 2.40. The van der Waals surface area contributed by atoms with Crippen LogP contribution in [0.15, 0.2) is 24.3 Å². The van der Waals surface area contributed by atoms with Gasteiger partial charge in [-0.25, -0.2) is 4.79 Å². The van der Waals surface area contributed by atoms with E-state index < -0.39 is 14.4 Å². The average molecular weight is 462 g/mol. The van der Waals surface area contributed by atoms with Crippen LogP contribution in [-0.2, 0) is 9.16 Å². The number of aliphatic hydroxyl groups is 1. The molecule has 1 aliphatic heterocycles. The molecule has 1 aromatic rings. The number of benzene rings is 1. The number of carbonyl (C=O) groups excluding carboxylic acids is 1. The van der Waals surface area contributed by atoms with Crippen LogP contribution < -0.4 is 0 Å². The highest BCUT2D eigenvalue weighted by atomic mass is 32.1. The van der Waals surface area contributed by atoms with E-state index in [2.05, 4.69) is 38.8 Å². The van der Waals surface area contributed by atoms with Crippen molar-refractivity contribution in [1.29, 1.82) is 0 Å². The first kappa shape index (κ1) is 28.5. The Bertz CT molecular complexity index is 652. The highest BCUT2D eigenvalue weighted by molar-refractivity contribution is 7.59. The topological polar surface area (TPSA) is 59.0 Å². The molecule has 1 aliphatic rings. The predicted octanol–water partition coefficient (Wildman–Crippen LogP) is 4.22. The van der Waals surface area contributed by atoms with Crippen molar-refractivity contribution in [1.82, 2.24) is 4.90 Å². The number of β-amino-alcohol motifs (C(OH)–C–C–N with tert-alkyl or cyclic N) is 1. The number of nitrogens with zero attached hydrogens (tertiary/aromatic N) is 1. The van der Waals surface area contributed by atoms with Gasteiger partial charge in [-0.1, -0.05) is 32.9 Å². The molecule has 1 N–H and O–H groups in total. The van der Waals surface area contributed by atoms with Crippen molar-refractivity contribution in [3.05, 3.63) is 35.4 Å². The molecule has 0 amide bonds. The number of esters is 1. The Morgan fingerprint density at radius 3 is 2.55 bits per heavy atom. The van der Waals surface area contributed by atoms with Crippen molar-refractivity contribution < 1.29 is 19.1 Å². The van der Waals surface area contributed by atoms with Crippen LogP contribution in [0.1, 0.15) is 56.1 Å². The van der Waals surface area contributed by atoms with Crippen LogP contribution in [0, 0.1) is 0 Å². The predicted molar refractivity (Wildman–Crippen MR) is 131 cm³/mol. The Labute approximate surface area is 191 Å². The van der Waals surface area contributed by atoms with Crippen molar-refractivity contribution in [3.8, 4) is 0 Å². The number of aliphatic hydroxyl groups excluding tert-OH is 1. The smallest absolute Gasteiger partial charge is 0.338 e. The molecule has 1 unspecified atom stereocenters. The van der Waals surface area contributed by atoms with Crippen LogP contribution in [-0.4, -0.2) is 56.6 Å². The minimum Gasteiger partial charge on any atom is -0.462 e. The Balaban J connectivity index is 0.00000392. The normalized spacial score (nSPS) is 18.5. The van der Waals surface area contributed by atoms with Gasteiger partial charge < -0.3 is 14.3 Å². The van der Waals surface area contributed by atoms with E-state index in [1.165, 1.54) is 0 Å². The average Bonchev–Trinajstić information content (AvgIpc) is 3.00. The van der Waals surface area contributed by atoms with E-state index in [-0.39, 0.29) is 44.1 Å². The fourth-order valence-corrected chi connectivity index (χ4v) is 4.47. The summed E-state index contributed by atoms with van der Waals surface area (Å²) in [5.74, 6) is -0.351. The van der Waals surface area contributed by atoms with Crippen LogP contribution in [0.4, 0.5) is 0 Å². The maximum atomic E-state index is 11.9. The summed E-state index contributed by atoms with van der Waals surface area (Å²) in [5.41, 5.74) is 1.23. The molecule has 1 heterocycles. The summed E-state index contributed by atoms with van der Waals surface area (Å²) >= 11 is 0. The lowest BCUT2D eigenvalue weighted by molar-refractivity contribution is 0.0526. The standard InChI is InChI=1S/C21H35NO4Si.2H2S/c1-7-25-20(24)17-10-8-9-16(13-17)19(23)15-22-12-11-18(14-22)26-27(5,6)21(2,3)4;;/h8-10,13,18-19,23H,7,11-12,14-15H2,1-6H3;2*1H2/t18?,19-;;/m1../s1. The summed E-state index contributed by atoms with van der Waals surface area (Å²) in [5, 5.41) is 10.8. The number of hydrogen-bond acceptors (Lipinski definition) is 5. The van der Waals surface area contributed by atoms with E-state index in [0.29, 0.717) is 18.7 Å². The van der Waals surface area contributed by atoms with Gasteiger partial charge >= 0.3 is 5.97 Å². The molecule has 2 atom stereocenters. The molecule has 1 saturated heterocycles. The fourth-order valence-electron chi connectivity index (χ4n) is 3.09. The molecular weight excluding hydrogens is 422 g/mol. The van der Waals surface area contributed by atoms with Crippen LogP contribution in [0.3, 0.4) is 0 Å². The zero-order valence-corrected chi connectivity index (χ0v) is 21.6. The molecule has 0 aromatic heterocycles. The maximum absolute atomic E-state index is 11.9. The molecule has 2 rings (SSSR count). The molecule has 29 heavy (non-hydrogen) atoms. The molecule has 0 bridgehead atoms. The van der Waals surface area contributed by atoms with Crippen LogP contribution in [0.25, 0.3) is 0 Å². The van der Waals surface area contributed by atoms with E-state index in [1.807, 2.05) is 6.07 Å². The first-order valence-corrected chi connectivity index (χ1v) is 12.8. The van der Waals surface area contributed by atoms with Crippen molar-refractivity contribution >= 4 is 41.3 Å². The fraction of sp³-hybridized carbons (Fsp3) is 0.667. The van der Waals surface area contributed by atoms with Gasteiger partial charge in [-0.15, -0.1) is 0 Å². The van der Waals surface area contributed by atoms with Gasteiger partial charge in [-0.05, 0) is 49.2 Å². The second-order valence-electron chi connectivity index (χ2n) is 8.91. The number of ether oxygens (including phenoxy) is 1. The summed E-state index contributed by atoms with van der Waals surface area (Å²) in [4.78, 5) is 14.1. The summed E-state index contributed by atoms with van der Waals surface area (Å²) in [6.07, 6.45) is 0.609. The molecular formula is C21H39NO4S2Si. The van der Waals surface area contributed by atoms with Crippen LogP contribution >= 0.6 is 27.0 Å². The summed E-state index contributed by atoms with van der Waals surface area (Å²) in [6.45, 7) is 15.8. The summed E-state index contributed by atoms with van der Waals surface area (Å²) < 4.78 is 11.6. The molecule has 1 fully saturated rings. The van der Waals surface area contributed by atoms with Gasteiger partial charge in [0.1, 0.15) is 0 Å². The van der Waals surface area contributed by atoms with E-state index >= 15 is 0 Å². The van der Waals surface area contributed by atoms with Gasteiger partial charge in [0, 0.05) is 19.6 Å². The number of carbonyl (C=O) groups is 1. The third kappa shape index (κ3) is 7.92. The SMILES string of the molecule is CCOC(=O)c1cccc([C@H](O)CN2CCC(O[Si](C)(C)C(C)(C)C)C2)c1.S.S. The van der Waals surface area contributed by atoms with Gasteiger partial charge in [0.15, 0.2) is 8.32 Å². The van der Waals surface area contributed by atoms with Gasteiger partial charge in [0.25, 0.3) is 0 Å². The van der Waals surface area contributed by atoms with Crippen LogP contribution in [0.2, 0.25) is 18.1 Å². The molecule has 0 spiro atoms. The van der Waals surface area contributed by atoms with Gasteiger partial charge in [-0.2, -0.15) is 27.0 Å².